The lowest BCUT2D eigenvalue weighted by atomic mass is 10.1. The predicted octanol–water partition coefficient (Wildman–Crippen LogP) is 2.33. The van der Waals surface area contributed by atoms with E-state index in [1.165, 1.54) is 13.0 Å². The molecule has 26 heavy (non-hydrogen) atoms. The van der Waals surface area contributed by atoms with Gasteiger partial charge < -0.3 is 5.11 Å². The Hall–Kier alpha value is -2.55. The molecule has 0 aliphatic rings. The van der Waals surface area contributed by atoms with Crippen molar-refractivity contribution in [1.29, 1.82) is 0 Å². The zero-order chi connectivity index (χ0) is 18.7. The molecule has 1 heterocycles. The molecule has 6 nitrogen and oxygen atoms in total. The van der Waals surface area contributed by atoms with E-state index < -0.39 is 21.9 Å². The molecule has 8 heteroatoms. The number of nitrogens with zero attached hydrogens (tertiary/aromatic N) is 2. The number of aromatic nitrogens is 2. The highest BCUT2D eigenvalue weighted by molar-refractivity contribution is 7.89. The monoisotopic (exact) mass is 375 g/mol. The molecule has 0 spiro atoms. The van der Waals surface area contributed by atoms with Gasteiger partial charge in [0.1, 0.15) is 5.82 Å². The lowest BCUT2D eigenvalue weighted by molar-refractivity contribution is 0.182. The number of rotatable bonds is 6. The number of aliphatic hydroxyl groups excluding tert-OH is 1. The van der Waals surface area contributed by atoms with Crippen LogP contribution >= 0.6 is 0 Å². The summed E-state index contributed by atoms with van der Waals surface area (Å²) < 4.78 is 41.9. The zero-order valence-electron chi connectivity index (χ0n) is 14.0. The Balaban J connectivity index is 1.69. The van der Waals surface area contributed by atoms with E-state index in [0.717, 1.165) is 17.8 Å². The molecule has 2 aromatic carbocycles. The summed E-state index contributed by atoms with van der Waals surface area (Å²) in [4.78, 5) is -0.0138. The zero-order valence-corrected chi connectivity index (χ0v) is 14.8. The maximum Gasteiger partial charge on any atom is 0.240 e. The fraction of sp³-hybridized carbons (Fsp3) is 0.167. The first kappa shape index (κ1) is 18.2. The third-order valence-corrected chi connectivity index (χ3v) is 5.52. The number of benzene rings is 2. The van der Waals surface area contributed by atoms with Crippen LogP contribution in [0.4, 0.5) is 4.39 Å². The van der Waals surface area contributed by atoms with Gasteiger partial charge in [0, 0.05) is 18.9 Å². The Labute approximate surface area is 151 Å². The predicted molar refractivity (Wildman–Crippen MR) is 94.8 cm³/mol. The molecular formula is C18H18FN3O3S. The topological polar surface area (TPSA) is 84.2 Å². The highest BCUT2D eigenvalue weighted by Gasteiger charge is 2.19. The van der Waals surface area contributed by atoms with Crippen molar-refractivity contribution >= 4 is 10.0 Å². The molecular weight excluding hydrogens is 357 g/mol. The molecule has 0 bridgehead atoms. The van der Waals surface area contributed by atoms with Gasteiger partial charge in [-0.05, 0) is 54.4 Å². The number of aliphatic hydroxyl groups is 1. The molecule has 1 unspecified atom stereocenters. The first-order valence-corrected chi connectivity index (χ1v) is 9.39. The Kier molecular flexibility index (Phi) is 5.17. The summed E-state index contributed by atoms with van der Waals surface area (Å²) in [5.74, 6) is -0.501. The van der Waals surface area contributed by atoms with Crippen molar-refractivity contribution < 1.29 is 17.9 Å². The van der Waals surface area contributed by atoms with Crippen LogP contribution in [0.1, 0.15) is 17.2 Å². The second kappa shape index (κ2) is 7.36. The smallest absolute Gasteiger partial charge is 0.240 e. The van der Waals surface area contributed by atoms with Crippen LogP contribution in [-0.2, 0) is 10.0 Å². The molecule has 3 aromatic rings. The average molecular weight is 375 g/mol. The summed E-state index contributed by atoms with van der Waals surface area (Å²) in [6, 6.07) is 12.2. The van der Waals surface area contributed by atoms with Gasteiger partial charge in [0.05, 0.1) is 16.7 Å². The first-order chi connectivity index (χ1) is 12.4. The van der Waals surface area contributed by atoms with E-state index in [-0.39, 0.29) is 11.4 Å². The minimum Gasteiger partial charge on any atom is -0.387 e. The number of sulfonamides is 1. The highest BCUT2D eigenvalue weighted by Crippen LogP contribution is 2.18. The molecule has 0 saturated carbocycles. The standard InChI is InChI=1S/C18H18FN3O3S/c1-13-11-15(19)5-8-18(13)26(24,25)21-12-17(23)14-3-6-16(7-4-14)22-10-2-9-20-22/h2-11,17,21,23H,12H2,1H3. The van der Waals surface area contributed by atoms with Gasteiger partial charge in [0.15, 0.2) is 0 Å². The molecule has 136 valence electrons. The van der Waals surface area contributed by atoms with E-state index >= 15 is 0 Å². The quantitative estimate of drug-likeness (QED) is 0.693. The van der Waals surface area contributed by atoms with Crippen molar-refractivity contribution in [3.05, 3.63) is 77.9 Å². The van der Waals surface area contributed by atoms with E-state index in [1.54, 1.807) is 47.4 Å². The Morgan fingerprint density at radius 1 is 1.23 bits per heavy atom. The molecule has 0 aliphatic carbocycles. The average Bonchev–Trinajstić information content (AvgIpc) is 3.14. The van der Waals surface area contributed by atoms with E-state index in [9.17, 15) is 17.9 Å². The lowest BCUT2D eigenvalue weighted by Crippen LogP contribution is -2.29. The summed E-state index contributed by atoms with van der Waals surface area (Å²) in [5.41, 5.74) is 1.70. The molecule has 1 atom stereocenters. The minimum atomic E-state index is -3.85. The second-order valence-electron chi connectivity index (χ2n) is 5.82. The van der Waals surface area contributed by atoms with Crippen LogP contribution in [-0.4, -0.2) is 29.8 Å². The SMILES string of the molecule is Cc1cc(F)ccc1S(=O)(=O)NCC(O)c1ccc(-n2cccn2)cc1. The number of aryl methyl sites for hydroxylation is 1. The number of hydrogen-bond donors (Lipinski definition) is 2. The molecule has 1 aromatic heterocycles. The minimum absolute atomic E-state index is 0.0138. The molecule has 2 N–H and O–H groups in total. The van der Waals surface area contributed by atoms with Crippen LogP contribution < -0.4 is 4.72 Å². The van der Waals surface area contributed by atoms with Crippen molar-refractivity contribution in [3.63, 3.8) is 0 Å². The summed E-state index contributed by atoms with van der Waals surface area (Å²) in [5, 5.41) is 14.4. The molecule has 0 saturated heterocycles. The maximum atomic E-state index is 13.1. The van der Waals surface area contributed by atoms with Crippen LogP contribution in [0.2, 0.25) is 0 Å². The molecule has 0 fully saturated rings. The van der Waals surface area contributed by atoms with E-state index in [2.05, 4.69) is 9.82 Å². The maximum absolute atomic E-state index is 13.1. The lowest BCUT2D eigenvalue weighted by Gasteiger charge is -2.14. The van der Waals surface area contributed by atoms with Gasteiger partial charge in [0.25, 0.3) is 0 Å². The van der Waals surface area contributed by atoms with Gasteiger partial charge in [-0.2, -0.15) is 5.10 Å². The molecule has 3 rings (SSSR count). The first-order valence-electron chi connectivity index (χ1n) is 7.91. The van der Waals surface area contributed by atoms with Crippen molar-refractivity contribution in [2.75, 3.05) is 6.54 Å². The molecule has 0 radical (unpaired) electrons. The van der Waals surface area contributed by atoms with Crippen molar-refractivity contribution in [1.82, 2.24) is 14.5 Å². The van der Waals surface area contributed by atoms with Crippen LogP contribution in [0.15, 0.2) is 65.8 Å². The highest BCUT2D eigenvalue weighted by atomic mass is 32.2. The van der Waals surface area contributed by atoms with Crippen LogP contribution in [0.25, 0.3) is 5.69 Å². The summed E-state index contributed by atoms with van der Waals surface area (Å²) in [6.45, 7) is 1.32. The van der Waals surface area contributed by atoms with Gasteiger partial charge in [-0.3, -0.25) is 0 Å². The van der Waals surface area contributed by atoms with E-state index in [1.807, 2.05) is 0 Å². The number of hydrogen-bond acceptors (Lipinski definition) is 4. The van der Waals surface area contributed by atoms with Crippen molar-refractivity contribution in [3.8, 4) is 5.69 Å². The second-order valence-corrected chi connectivity index (χ2v) is 7.56. The third-order valence-electron chi connectivity index (χ3n) is 3.94. The Morgan fingerprint density at radius 2 is 1.96 bits per heavy atom. The van der Waals surface area contributed by atoms with Crippen LogP contribution in [0, 0.1) is 12.7 Å². The van der Waals surface area contributed by atoms with Gasteiger partial charge in [-0.25, -0.2) is 22.2 Å². The fourth-order valence-corrected chi connectivity index (χ4v) is 3.83. The van der Waals surface area contributed by atoms with Gasteiger partial charge in [0.2, 0.25) is 10.0 Å². The van der Waals surface area contributed by atoms with Crippen molar-refractivity contribution in [2.45, 2.75) is 17.9 Å². The van der Waals surface area contributed by atoms with Crippen molar-refractivity contribution in [2.24, 2.45) is 0 Å². The van der Waals surface area contributed by atoms with Crippen LogP contribution in [0.3, 0.4) is 0 Å². The Bertz CT molecular complexity index is 987. The normalized spacial score (nSPS) is 12.9. The molecule has 0 amide bonds. The summed E-state index contributed by atoms with van der Waals surface area (Å²) in [7, 11) is -3.85. The van der Waals surface area contributed by atoms with Gasteiger partial charge in [-0.15, -0.1) is 0 Å². The summed E-state index contributed by atoms with van der Waals surface area (Å²) in [6.07, 6.45) is 2.44. The number of halogens is 1. The third kappa shape index (κ3) is 3.98. The number of nitrogens with one attached hydrogen (secondary N) is 1. The summed E-state index contributed by atoms with van der Waals surface area (Å²) >= 11 is 0. The Morgan fingerprint density at radius 3 is 2.58 bits per heavy atom. The van der Waals surface area contributed by atoms with Gasteiger partial charge in [-0.1, -0.05) is 12.1 Å². The van der Waals surface area contributed by atoms with Gasteiger partial charge >= 0.3 is 0 Å². The fourth-order valence-electron chi connectivity index (χ4n) is 2.57. The van der Waals surface area contributed by atoms with E-state index in [4.69, 9.17) is 0 Å². The van der Waals surface area contributed by atoms with Crippen LogP contribution in [0.5, 0.6) is 0 Å². The van der Waals surface area contributed by atoms with E-state index in [0.29, 0.717) is 11.1 Å². The molecule has 0 aliphatic heterocycles. The largest absolute Gasteiger partial charge is 0.387 e.